The molecule has 1 aliphatic heterocycles. The van der Waals surface area contributed by atoms with Crippen LogP contribution < -0.4 is 43.8 Å². The molecule has 3 rings (SSSR count). The van der Waals surface area contributed by atoms with E-state index in [1.54, 1.807) is 30.3 Å². The molecule has 0 radical (unpaired) electrons. The number of aliphatic imine (C=N–C) groups is 1. The van der Waals surface area contributed by atoms with Gasteiger partial charge in [0.05, 0.1) is 12.1 Å². The van der Waals surface area contributed by atoms with Crippen molar-refractivity contribution in [2.45, 2.75) is 108 Å². The molecule has 0 saturated carbocycles. The largest absolute Gasteiger partial charge is 0.508 e. The normalized spacial score (nSPS) is 17.1. The second-order valence-corrected chi connectivity index (χ2v) is 14.5. The summed E-state index contributed by atoms with van der Waals surface area (Å²) < 4.78 is 0. The number of hydrogen-bond acceptors (Lipinski definition) is 11. The van der Waals surface area contributed by atoms with Crippen molar-refractivity contribution in [3.05, 3.63) is 65.7 Å². The molecule has 20 heteroatoms. The zero-order valence-electron chi connectivity index (χ0n) is 33.3. The SMILES string of the molecule is C[C@H](N)C(=O)N[C@@H](CCCN=C(N)N)C(=O)N1CCC[C@H]1C(=O)N[C@@H](Cc1ccccc1)C(=O)N[C@@H](C)C(=O)N[C@H](C(=O)N[C@@H](Cc1ccc(O)cc1)C(=O)O)[C@@H](C)O. The zero-order valence-corrected chi connectivity index (χ0v) is 33.3. The van der Waals surface area contributed by atoms with Gasteiger partial charge in [0.1, 0.15) is 42.0 Å². The van der Waals surface area contributed by atoms with Crippen LogP contribution in [0.15, 0.2) is 59.6 Å². The lowest BCUT2D eigenvalue weighted by Gasteiger charge is -2.30. The Hall–Kier alpha value is -6.28. The highest BCUT2D eigenvalue weighted by Gasteiger charge is 2.39. The number of nitrogens with zero attached hydrogens (tertiary/aromatic N) is 2. The lowest BCUT2D eigenvalue weighted by Crippen LogP contribution is -2.60. The molecule has 8 atom stereocenters. The van der Waals surface area contributed by atoms with Gasteiger partial charge in [-0.3, -0.25) is 33.8 Å². The first kappa shape index (κ1) is 47.1. The average molecular weight is 825 g/mol. The minimum atomic E-state index is -1.62. The third-order valence-corrected chi connectivity index (χ3v) is 9.53. The predicted octanol–water partition coefficient (Wildman–Crippen LogP) is -2.52. The number of likely N-dealkylation sites (tertiary alicyclic amines) is 1. The van der Waals surface area contributed by atoms with Gasteiger partial charge in [-0.15, -0.1) is 0 Å². The number of rotatable bonds is 21. The van der Waals surface area contributed by atoms with Gasteiger partial charge >= 0.3 is 5.97 Å². The topological polar surface area (TPSA) is 334 Å². The van der Waals surface area contributed by atoms with Crippen molar-refractivity contribution in [2.75, 3.05) is 13.1 Å². The average Bonchev–Trinajstić information content (AvgIpc) is 3.68. The molecule has 0 aliphatic carbocycles. The number of nitrogens with one attached hydrogen (secondary N) is 5. The van der Waals surface area contributed by atoms with Crippen LogP contribution in [0.5, 0.6) is 5.75 Å². The molecule has 2 aromatic rings. The quantitative estimate of drug-likeness (QED) is 0.0352. The molecule has 14 N–H and O–H groups in total. The van der Waals surface area contributed by atoms with Crippen molar-refractivity contribution in [3.8, 4) is 5.75 Å². The van der Waals surface area contributed by atoms with E-state index in [2.05, 4.69) is 31.6 Å². The lowest BCUT2D eigenvalue weighted by molar-refractivity contribution is -0.143. The van der Waals surface area contributed by atoms with E-state index in [1.807, 2.05) is 0 Å². The zero-order chi connectivity index (χ0) is 43.8. The Kier molecular flexibility index (Phi) is 18.0. The molecule has 20 nitrogen and oxygen atoms in total. The van der Waals surface area contributed by atoms with Crippen LogP contribution in [-0.2, 0) is 46.4 Å². The molecular weight excluding hydrogens is 768 g/mol. The van der Waals surface area contributed by atoms with E-state index >= 15 is 0 Å². The molecule has 1 heterocycles. The maximum atomic E-state index is 13.9. The Morgan fingerprint density at radius 2 is 1.39 bits per heavy atom. The van der Waals surface area contributed by atoms with Gasteiger partial charge in [-0.05, 0) is 69.7 Å². The van der Waals surface area contributed by atoms with Crippen molar-refractivity contribution < 1.29 is 48.9 Å². The standard InChI is InChI=1S/C39H56N10O10/c1-21(40)32(52)45-27(11-7-17-43-39(41)42)37(57)49-18-8-12-30(49)35(55)46-28(19-24-9-5-4-6-10-24)34(54)44-22(2)33(53)48-31(23(3)50)36(56)47-29(38(58)59)20-25-13-15-26(51)16-14-25/h4-6,9-10,13-16,21-23,27-31,50-51H,7-8,11-12,17-20,40H2,1-3H3,(H,44,54)(H,45,52)(H,46,55)(H,47,56)(H,48,53)(H,58,59)(H4,41,42,43)/t21-,22-,23+,27-,28-,29-,30-,31-/m0/s1. The molecule has 1 fully saturated rings. The van der Waals surface area contributed by atoms with Gasteiger partial charge in [-0.2, -0.15) is 0 Å². The number of guanidine groups is 1. The van der Waals surface area contributed by atoms with Crippen LogP contribution in [0.1, 0.15) is 57.6 Å². The van der Waals surface area contributed by atoms with Gasteiger partial charge in [0, 0.05) is 25.9 Å². The number of aromatic hydroxyl groups is 1. The van der Waals surface area contributed by atoms with Crippen LogP contribution in [0.3, 0.4) is 0 Å². The molecule has 0 aromatic heterocycles. The Labute approximate surface area is 341 Å². The van der Waals surface area contributed by atoms with Crippen molar-refractivity contribution in [3.63, 3.8) is 0 Å². The van der Waals surface area contributed by atoms with Gasteiger partial charge in [-0.25, -0.2) is 4.79 Å². The number of amides is 6. The summed E-state index contributed by atoms with van der Waals surface area (Å²) in [6.45, 7) is 4.39. The molecule has 0 unspecified atom stereocenters. The predicted molar refractivity (Wildman–Crippen MR) is 215 cm³/mol. The number of carboxylic acid groups (broad SMARTS) is 1. The monoisotopic (exact) mass is 824 g/mol. The summed E-state index contributed by atoms with van der Waals surface area (Å²) in [7, 11) is 0. The maximum Gasteiger partial charge on any atom is 0.326 e. The van der Waals surface area contributed by atoms with Crippen molar-refractivity contribution in [2.24, 2.45) is 22.2 Å². The summed E-state index contributed by atoms with van der Waals surface area (Å²) in [6.07, 6.45) is -0.468. The molecule has 1 aliphatic rings. The molecule has 2 aromatic carbocycles. The van der Waals surface area contributed by atoms with E-state index in [1.165, 1.54) is 49.9 Å². The van der Waals surface area contributed by atoms with Crippen LogP contribution in [0.2, 0.25) is 0 Å². The molecule has 59 heavy (non-hydrogen) atoms. The van der Waals surface area contributed by atoms with Gasteiger partial charge in [0.2, 0.25) is 35.4 Å². The number of nitrogens with two attached hydrogens (primary N) is 3. The number of carbonyl (C=O) groups is 7. The molecule has 6 amide bonds. The third kappa shape index (κ3) is 14.9. The van der Waals surface area contributed by atoms with Crippen molar-refractivity contribution in [1.29, 1.82) is 0 Å². The Bertz CT molecular complexity index is 1800. The number of phenolic OH excluding ortho intramolecular Hbond substituents is 1. The first-order valence-electron chi connectivity index (χ1n) is 19.2. The highest BCUT2D eigenvalue weighted by Crippen LogP contribution is 2.21. The fourth-order valence-corrected chi connectivity index (χ4v) is 6.29. The van der Waals surface area contributed by atoms with Crippen LogP contribution in [-0.4, -0.2) is 129 Å². The van der Waals surface area contributed by atoms with E-state index in [4.69, 9.17) is 17.2 Å². The van der Waals surface area contributed by atoms with E-state index in [0.29, 0.717) is 24.0 Å². The Balaban J connectivity index is 1.74. The first-order valence-corrected chi connectivity index (χ1v) is 19.2. The number of carboxylic acids is 1. The highest BCUT2D eigenvalue weighted by atomic mass is 16.4. The fraction of sp³-hybridized carbons (Fsp3) is 0.487. The molecule has 322 valence electrons. The van der Waals surface area contributed by atoms with E-state index in [9.17, 15) is 48.9 Å². The van der Waals surface area contributed by atoms with Crippen molar-refractivity contribution in [1.82, 2.24) is 31.5 Å². The van der Waals surface area contributed by atoms with Gasteiger partial charge in [0.15, 0.2) is 5.96 Å². The van der Waals surface area contributed by atoms with Crippen molar-refractivity contribution >= 4 is 47.4 Å². The summed E-state index contributed by atoms with van der Waals surface area (Å²) in [5.74, 6) is -5.97. The molecular formula is C39H56N10O10. The molecule has 1 saturated heterocycles. The number of aliphatic hydroxyl groups excluding tert-OH is 1. The maximum absolute atomic E-state index is 13.9. The summed E-state index contributed by atoms with van der Waals surface area (Å²) in [5.41, 5.74) is 17.7. The van der Waals surface area contributed by atoms with Gasteiger partial charge < -0.3 is 64.0 Å². The molecule has 0 bridgehead atoms. The number of benzene rings is 2. The fourth-order valence-electron chi connectivity index (χ4n) is 6.29. The number of aliphatic carboxylic acids is 1. The van der Waals surface area contributed by atoms with Crippen LogP contribution >= 0.6 is 0 Å². The third-order valence-electron chi connectivity index (χ3n) is 9.53. The van der Waals surface area contributed by atoms with E-state index in [0.717, 1.165) is 0 Å². The second-order valence-electron chi connectivity index (χ2n) is 14.5. The highest BCUT2D eigenvalue weighted by molar-refractivity contribution is 5.97. The number of aliphatic hydroxyl groups is 1. The first-order chi connectivity index (χ1) is 27.9. The summed E-state index contributed by atoms with van der Waals surface area (Å²) >= 11 is 0. The lowest BCUT2D eigenvalue weighted by atomic mass is 10.0. The summed E-state index contributed by atoms with van der Waals surface area (Å²) in [4.78, 5) is 97.8. The summed E-state index contributed by atoms with van der Waals surface area (Å²) in [5, 5.41) is 42.2. The summed E-state index contributed by atoms with van der Waals surface area (Å²) in [6, 6.07) is 5.79. The Morgan fingerprint density at radius 1 is 0.780 bits per heavy atom. The van der Waals surface area contributed by atoms with Crippen LogP contribution in [0, 0.1) is 0 Å². The van der Waals surface area contributed by atoms with Gasteiger partial charge in [-0.1, -0.05) is 42.5 Å². The number of hydrogen-bond donors (Lipinski definition) is 11. The second kappa shape index (κ2) is 22.6. The van der Waals surface area contributed by atoms with Crippen LogP contribution in [0.25, 0.3) is 0 Å². The van der Waals surface area contributed by atoms with E-state index in [-0.39, 0.29) is 50.5 Å². The minimum absolute atomic E-state index is 0.0123. The van der Waals surface area contributed by atoms with Crippen LogP contribution in [0.4, 0.5) is 0 Å². The minimum Gasteiger partial charge on any atom is -0.508 e. The van der Waals surface area contributed by atoms with Gasteiger partial charge in [0.25, 0.3) is 0 Å². The Morgan fingerprint density at radius 3 is 1.98 bits per heavy atom. The number of carbonyl (C=O) groups excluding carboxylic acids is 6. The molecule has 0 spiro atoms. The number of phenols is 1. The smallest absolute Gasteiger partial charge is 0.326 e. The van der Waals surface area contributed by atoms with E-state index < -0.39 is 89.8 Å².